The Hall–Kier alpha value is -1.27. The maximum Gasteiger partial charge on any atom is 0.226 e. The van der Waals surface area contributed by atoms with Crippen LogP contribution in [0.1, 0.15) is 0 Å². The van der Waals surface area contributed by atoms with E-state index in [1.807, 2.05) is 0 Å². The second kappa shape index (κ2) is 3.64. The van der Waals surface area contributed by atoms with Crippen LogP contribution in [0, 0.1) is 0 Å². The van der Waals surface area contributed by atoms with Crippen molar-refractivity contribution in [3.05, 3.63) is 5.28 Å². The summed E-state index contributed by atoms with van der Waals surface area (Å²) in [5.74, 6) is 1.50. The first-order valence-corrected chi connectivity index (χ1v) is 5.43. The number of nitrogens with two attached hydrogens (primary N) is 1. The van der Waals surface area contributed by atoms with Crippen LogP contribution < -0.4 is 15.4 Å². The predicted octanol–water partition coefficient (Wildman–Crippen LogP) is 0.310. The summed E-state index contributed by atoms with van der Waals surface area (Å²) in [4.78, 5) is 10.2. The third kappa shape index (κ3) is 1.45. The average Bonchev–Trinajstić information content (AvgIpc) is 2.28. The molecule has 2 aliphatic rings. The Bertz CT molecular complexity index is 428. The van der Waals surface area contributed by atoms with E-state index < -0.39 is 0 Å². The minimum atomic E-state index is 0.145. The highest BCUT2D eigenvalue weighted by Gasteiger charge is 2.33. The molecule has 3 heterocycles. The molecule has 7 heteroatoms. The number of nitrogen functional groups attached to an aromatic ring is 1. The van der Waals surface area contributed by atoms with E-state index in [0.29, 0.717) is 37.2 Å². The van der Waals surface area contributed by atoms with Crippen molar-refractivity contribution in [3.63, 3.8) is 0 Å². The Labute approximate surface area is 97.3 Å². The Morgan fingerprint density at radius 1 is 1.38 bits per heavy atom. The molecule has 3 rings (SSSR count). The van der Waals surface area contributed by atoms with Crippen molar-refractivity contribution in [3.8, 4) is 5.75 Å². The van der Waals surface area contributed by atoms with Gasteiger partial charge < -0.3 is 20.1 Å². The SMILES string of the molecule is Nc1nc(Cl)nc2c1OCC1COCCN21. The average molecular weight is 243 g/mol. The van der Waals surface area contributed by atoms with Crippen LogP contribution in [0.25, 0.3) is 0 Å². The highest BCUT2D eigenvalue weighted by molar-refractivity contribution is 6.28. The van der Waals surface area contributed by atoms with Crippen LogP contribution in [0.4, 0.5) is 11.6 Å². The first-order valence-electron chi connectivity index (χ1n) is 5.06. The molecule has 1 unspecified atom stereocenters. The molecule has 6 nitrogen and oxygen atoms in total. The first-order chi connectivity index (χ1) is 7.75. The Balaban J connectivity index is 2.06. The van der Waals surface area contributed by atoms with Crippen LogP contribution in [-0.2, 0) is 4.74 Å². The smallest absolute Gasteiger partial charge is 0.226 e. The Morgan fingerprint density at radius 2 is 2.25 bits per heavy atom. The van der Waals surface area contributed by atoms with Gasteiger partial charge in [-0.05, 0) is 11.6 Å². The number of nitrogens with zero attached hydrogens (tertiary/aromatic N) is 3. The van der Waals surface area contributed by atoms with Gasteiger partial charge in [0.2, 0.25) is 11.0 Å². The molecule has 1 saturated heterocycles. The molecule has 16 heavy (non-hydrogen) atoms. The zero-order chi connectivity index (χ0) is 11.1. The third-order valence-electron chi connectivity index (χ3n) is 2.77. The van der Waals surface area contributed by atoms with Gasteiger partial charge in [-0.1, -0.05) is 0 Å². The molecule has 0 bridgehead atoms. The molecule has 1 fully saturated rings. The van der Waals surface area contributed by atoms with E-state index in [2.05, 4.69) is 14.9 Å². The number of halogens is 1. The van der Waals surface area contributed by atoms with Crippen LogP contribution in [-0.4, -0.2) is 42.4 Å². The van der Waals surface area contributed by atoms with Crippen LogP contribution in [0.15, 0.2) is 0 Å². The highest BCUT2D eigenvalue weighted by atomic mass is 35.5. The standard InChI is InChI=1S/C9H11ClN4O2/c10-9-12-7(11)6-8(13-9)14-1-2-15-3-5(14)4-16-6/h5H,1-4H2,(H2,11,12,13). The minimum Gasteiger partial charge on any atom is -0.484 e. The summed E-state index contributed by atoms with van der Waals surface area (Å²) in [7, 11) is 0. The van der Waals surface area contributed by atoms with Crippen molar-refractivity contribution in [2.24, 2.45) is 0 Å². The summed E-state index contributed by atoms with van der Waals surface area (Å²) < 4.78 is 10.9. The lowest BCUT2D eigenvalue weighted by molar-refractivity contribution is 0.0698. The van der Waals surface area contributed by atoms with Gasteiger partial charge in [0.1, 0.15) is 6.61 Å². The topological polar surface area (TPSA) is 73.5 Å². The van der Waals surface area contributed by atoms with Crippen molar-refractivity contribution in [2.75, 3.05) is 37.0 Å². The van der Waals surface area contributed by atoms with E-state index in [9.17, 15) is 0 Å². The molecular weight excluding hydrogens is 232 g/mol. The molecule has 2 N–H and O–H groups in total. The number of aromatic nitrogens is 2. The number of morpholine rings is 1. The monoisotopic (exact) mass is 242 g/mol. The molecule has 0 aliphatic carbocycles. The summed E-state index contributed by atoms with van der Waals surface area (Å²) in [6, 6.07) is 0.187. The van der Waals surface area contributed by atoms with Gasteiger partial charge in [-0.15, -0.1) is 0 Å². The molecule has 0 aromatic carbocycles. The zero-order valence-electron chi connectivity index (χ0n) is 8.52. The van der Waals surface area contributed by atoms with Crippen molar-refractivity contribution < 1.29 is 9.47 Å². The van der Waals surface area contributed by atoms with Crippen LogP contribution >= 0.6 is 11.6 Å². The fourth-order valence-electron chi connectivity index (χ4n) is 2.01. The minimum absolute atomic E-state index is 0.145. The molecule has 1 aromatic heterocycles. The van der Waals surface area contributed by atoms with Gasteiger partial charge in [-0.3, -0.25) is 0 Å². The van der Waals surface area contributed by atoms with E-state index in [4.69, 9.17) is 26.8 Å². The number of anilines is 2. The summed E-state index contributed by atoms with van der Waals surface area (Å²) >= 11 is 5.80. The maximum atomic E-state index is 5.80. The predicted molar refractivity (Wildman–Crippen MR) is 58.9 cm³/mol. The molecule has 86 valence electrons. The normalized spacial score (nSPS) is 23.3. The molecule has 0 spiro atoms. The zero-order valence-corrected chi connectivity index (χ0v) is 9.28. The van der Waals surface area contributed by atoms with Crippen molar-refractivity contribution in [2.45, 2.75) is 6.04 Å². The second-order valence-corrected chi connectivity index (χ2v) is 4.10. The van der Waals surface area contributed by atoms with Crippen molar-refractivity contribution in [1.29, 1.82) is 0 Å². The van der Waals surface area contributed by atoms with Gasteiger partial charge in [0.05, 0.1) is 19.3 Å². The lowest BCUT2D eigenvalue weighted by atomic mass is 10.2. The van der Waals surface area contributed by atoms with Gasteiger partial charge >= 0.3 is 0 Å². The second-order valence-electron chi connectivity index (χ2n) is 3.76. The van der Waals surface area contributed by atoms with Gasteiger partial charge in [0.25, 0.3) is 0 Å². The summed E-state index contributed by atoms with van der Waals surface area (Å²) in [6.45, 7) is 2.63. The quantitative estimate of drug-likeness (QED) is 0.660. The third-order valence-corrected chi connectivity index (χ3v) is 2.94. The summed E-state index contributed by atoms with van der Waals surface area (Å²) in [5.41, 5.74) is 5.75. The number of fused-ring (bicyclic) bond motifs is 3. The van der Waals surface area contributed by atoms with E-state index in [0.717, 1.165) is 6.54 Å². The highest BCUT2D eigenvalue weighted by Crippen LogP contribution is 2.37. The number of rotatable bonds is 0. The lowest BCUT2D eigenvalue weighted by Crippen LogP contribution is -2.51. The van der Waals surface area contributed by atoms with Gasteiger partial charge in [0.15, 0.2) is 11.6 Å². The first kappa shape index (κ1) is 9.92. The van der Waals surface area contributed by atoms with E-state index in [1.165, 1.54) is 0 Å². The lowest BCUT2D eigenvalue weighted by Gasteiger charge is -2.40. The largest absolute Gasteiger partial charge is 0.484 e. The fourth-order valence-corrected chi connectivity index (χ4v) is 2.18. The summed E-state index contributed by atoms with van der Waals surface area (Å²) in [5, 5.41) is 0.145. The molecule has 0 saturated carbocycles. The van der Waals surface area contributed by atoms with E-state index in [1.54, 1.807) is 0 Å². The molecule has 0 amide bonds. The fraction of sp³-hybridized carbons (Fsp3) is 0.556. The van der Waals surface area contributed by atoms with Crippen LogP contribution in [0.3, 0.4) is 0 Å². The molecule has 1 atom stereocenters. The van der Waals surface area contributed by atoms with Gasteiger partial charge in [0, 0.05) is 6.54 Å². The number of ether oxygens (including phenoxy) is 2. The van der Waals surface area contributed by atoms with E-state index >= 15 is 0 Å². The molecule has 2 aliphatic heterocycles. The Kier molecular flexibility index (Phi) is 2.26. The van der Waals surface area contributed by atoms with Gasteiger partial charge in [-0.25, -0.2) is 0 Å². The van der Waals surface area contributed by atoms with Crippen LogP contribution in [0.5, 0.6) is 5.75 Å². The van der Waals surface area contributed by atoms with Crippen molar-refractivity contribution in [1.82, 2.24) is 9.97 Å². The molecule has 0 radical (unpaired) electrons. The van der Waals surface area contributed by atoms with E-state index in [-0.39, 0.29) is 11.3 Å². The maximum absolute atomic E-state index is 5.80. The number of hydrogen-bond acceptors (Lipinski definition) is 6. The Morgan fingerprint density at radius 3 is 3.12 bits per heavy atom. The summed E-state index contributed by atoms with van der Waals surface area (Å²) in [6.07, 6.45) is 0. The van der Waals surface area contributed by atoms with Crippen LogP contribution in [0.2, 0.25) is 5.28 Å². The molecule has 1 aromatic rings. The van der Waals surface area contributed by atoms with Gasteiger partial charge in [-0.2, -0.15) is 9.97 Å². The number of hydrogen-bond donors (Lipinski definition) is 1. The van der Waals surface area contributed by atoms with Crippen molar-refractivity contribution >= 4 is 23.2 Å². The molecular formula is C9H11ClN4O2.